The second-order valence-corrected chi connectivity index (χ2v) is 6.74. The van der Waals surface area contributed by atoms with Crippen molar-refractivity contribution in [2.45, 2.75) is 13.8 Å². The minimum absolute atomic E-state index is 0.0234. The van der Waals surface area contributed by atoms with Gasteiger partial charge in [0.1, 0.15) is 5.75 Å². The normalized spacial score (nSPS) is 21.0. The molecule has 0 bridgehead atoms. The van der Waals surface area contributed by atoms with Crippen molar-refractivity contribution < 1.29 is 14.3 Å². The summed E-state index contributed by atoms with van der Waals surface area (Å²) in [4.78, 5) is 28.6. The SMILES string of the molecule is COc1ccc(Br)c(C(=O)N=C2C=CC3C(=C2)NC(=O)C(C)=C3C)c1. The van der Waals surface area contributed by atoms with Crippen molar-refractivity contribution in [2.24, 2.45) is 10.9 Å². The number of amides is 2. The summed E-state index contributed by atoms with van der Waals surface area (Å²) >= 11 is 3.36. The highest BCUT2D eigenvalue weighted by Gasteiger charge is 2.27. The molecule has 0 saturated carbocycles. The van der Waals surface area contributed by atoms with Crippen LogP contribution in [0.3, 0.4) is 0 Å². The summed E-state index contributed by atoms with van der Waals surface area (Å²) in [6.45, 7) is 3.75. The maximum atomic E-state index is 12.5. The fourth-order valence-electron chi connectivity index (χ4n) is 2.77. The first-order valence-corrected chi connectivity index (χ1v) is 8.55. The van der Waals surface area contributed by atoms with E-state index in [2.05, 4.69) is 26.2 Å². The van der Waals surface area contributed by atoms with Gasteiger partial charge in [0.25, 0.3) is 11.8 Å². The van der Waals surface area contributed by atoms with Crippen LogP contribution in [-0.4, -0.2) is 24.6 Å². The monoisotopic (exact) mass is 400 g/mol. The van der Waals surface area contributed by atoms with Gasteiger partial charge in [-0.05, 0) is 60.1 Å². The highest BCUT2D eigenvalue weighted by molar-refractivity contribution is 9.10. The number of rotatable bonds is 2. The predicted molar refractivity (Wildman–Crippen MR) is 99.7 cm³/mol. The molecular formula is C19H17BrN2O3. The Morgan fingerprint density at radius 1 is 1.32 bits per heavy atom. The minimum atomic E-state index is -0.383. The molecule has 1 N–H and O–H groups in total. The molecule has 6 heteroatoms. The summed E-state index contributed by atoms with van der Waals surface area (Å²) in [6, 6.07) is 5.14. The number of nitrogens with zero attached hydrogens (tertiary/aromatic N) is 1. The number of fused-ring (bicyclic) bond motifs is 1. The molecule has 0 fully saturated rings. The van der Waals surface area contributed by atoms with E-state index in [4.69, 9.17) is 4.74 Å². The van der Waals surface area contributed by atoms with E-state index in [0.717, 1.165) is 16.8 Å². The van der Waals surface area contributed by atoms with Crippen molar-refractivity contribution in [3.8, 4) is 5.75 Å². The first kappa shape index (κ1) is 17.4. The molecule has 1 aromatic rings. The van der Waals surface area contributed by atoms with Gasteiger partial charge < -0.3 is 10.1 Å². The number of allylic oxidation sites excluding steroid dienone is 3. The summed E-state index contributed by atoms with van der Waals surface area (Å²) in [5.74, 6) is 0.110. The van der Waals surface area contributed by atoms with Crippen molar-refractivity contribution in [2.75, 3.05) is 7.11 Å². The van der Waals surface area contributed by atoms with Gasteiger partial charge in [0, 0.05) is 21.7 Å². The number of hydrogen-bond donors (Lipinski definition) is 1. The molecule has 0 saturated heterocycles. The van der Waals surface area contributed by atoms with Crippen LogP contribution in [0.5, 0.6) is 5.75 Å². The second kappa shape index (κ2) is 6.80. The molecule has 1 aliphatic carbocycles. The number of aliphatic imine (C=N–C) groups is 1. The third kappa shape index (κ3) is 3.35. The van der Waals surface area contributed by atoms with Crippen LogP contribution in [0.2, 0.25) is 0 Å². The molecule has 1 heterocycles. The Kier molecular flexibility index (Phi) is 4.72. The first-order valence-electron chi connectivity index (χ1n) is 7.75. The van der Waals surface area contributed by atoms with Crippen molar-refractivity contribution in [3.05, 3.63) is 63.3 Å². The van der Waals surface area contributed by atoms with E-state index in [1.807, 2.05) is 19.9 Å². The maximum Gasteiger partial charge on any atom is 0.278 e. The Morgan fingerprint density at radius 2 is 2.08 bits per heavy atom. The van der Waals surface area contributed by atoms with Crippen LogP contribution >= 0.6 is 15.9 Å². The minimum Gasteiger partial charge on any atom is -0.497 e. The van der Waals surface area contributed by atoms with E-state index in [0.29, 0.717) is 21.5 Å². The lowest BCUT2D eigenvalue weighted by molar-refractivity contribution is -0.117. The molecule has 0 radical (unpaired) electrons. The van der Waals surface area contributed by atoms with Crippen molar-refractivity contribution in [1.82, 2.24) is 5.32 Å². The molecule has 2 aliphatic rings. The Morgan fingerprint density at radius 3 is 2.80 bits per heavy atom. The van der Waals surface area contributed by atoms with Crippen LogP contribution in [0, 0.1) is 5.92 Å². The van der Waals surface area contributed by atoms with Crippen LogP contribution in [0.15, 0.2) is 62.7 Å². The summed E-state index contributed by atoms with van der Waals surface area (Å²) in [5, 5.41) is 2.86. The molecular weight excluding hydrogens is 384 g/mol. The zero-order valence-corrected chi connectivity index (χ0v) is 15.7. The summed E-state index contributed by atoms with van der Waals surface area (Å²) in [6.07, 6.45) is 5.49. The Labute approximate surface area is 154 Å². The van der Waals surface area contributed by atoms with Crippen LogP contribution in [0.25, 0.3) is 0 Å². The van der Waals surface area contributed by atoms with Gasteiger partial charge >= 0.3 is 0 Å². The number of ether oxygens (including phenoxy) is 1. The van der Waals surface area contributed by atoms with Gasteiger partial charge in [0.05, 0.1) is 18.4 Å². The molecule has 2 amide bonds. The Hall–Kier alpha value is -2.47. The van der Waals surface area contributed by atoms with Gasteiger partial charge in [-0.1, -0.05) is 11.6 Å². The molecule has 1 aliphatic heterocycles. The zero-order valence-electron chi connectivity index (χ0n) is 14.1. The molecule has 1 atom stereocenters. The van der Waals surface area contributed by atoms with E-state index in [1.54, 1.807) is 37.5 Å². The van der Waals surface area contributed by atoms with E-state index in [-0.39, 0.29) is 17.7 Å². The highest BCUT2D eigenvalue weighted by Crippen LogP contribution is 2.30. The third-order valence-corrected chi connectivity index (χ3v) is 5.08. The number of halogens is 1. The van der Waals surface area contributed by atoms with E-state index >= 15 is 0 Å². The van der Waals surface area contributed by atoms with Crippen molar-refractivity contribution >= 4 is 33.5 Å². The van der Waals surface area contributed by atoms with Gasteiger partial charge in [-0.2, -0.15) is 0 Å². The lowest BCUT2D eigenvalue weighted by Gasteiger charge is -2.28. The smallest absolute Gasteiger partial charge is 0.278 e. The average molecular weight is 401 g/mol. The molecule has 0 aromatic heterocycles. The van der Waals surface area contributed by atoms with Crippen molar-refractivity contribution in [1.29, 1.82) is 0 Å². The summed E-state index contributed by atoms with van der Waals surface area (Å²) in [5.41, 5.74) is 3.39. The summed E-state index contributed by atoms with van der Waals surface area (Å²) < 4.78 is 5.80. The molecule has 5 nitrogen and oxygen atoms in total. The average Bonchev–Trinajstić information content (AvgIpc) is 2.60. The topological polar surface area (TPSA) is 67.8 Å². The molecule has 1 unspecified atom stereocenters. The fraction of sp³-hybridized carbons (Fsp3) is 0.211. The zero-order chi connectivity index (χ0) is 18.1. The molecule has 0 spiro atoms. The summed E-state index contributed by atoms with van der Waals surface area (Å²) in [7, 11) is 1.54. The molecule has 128 valence electrons. The van der Waals surface area contributed by atoms with Gasteiger partial charge in [0.15, 0.2) is 0 Å². The number of benzene rings is 1. The first-order chi connectivity index (χ1) is 11.9. The Balaban J connectivity index is 1.92. The lowest BCUT2D eigenvalue weighted by Crippen LogP contribution is -2.35. The largest absolute Gasteiger partial charge is 0.497 e. The van der Waals surface area contributed by atoms with E-state index in [9.17, 15) is 9.59 Å². The predicted octanol–water partition coefficient (Wildman–Crippen LogP) is 3.58. The van der Waals surface area contributed by atoms with Gasteiger partial charge in [0.2, 0.25) is 0 Å². The van der Waals surface area contributed by atoms with Crippen LogP contribution in [-0.2, 0) is 4.79 Å². The van der Waals surface area contributed by atoms with E-state index < -0.39 is 0 Å². The number of hydrogen-bond acceptors (Lipinski definition) is 3. The van der Waals surface area contributed by atoms with Crippen molar-refractivity contribution in [3.63, 3.8) is 0 Å². The maximum absolute atomic E-state index is 12.5. The van der Waals surface area contributed by atoms with Crippen LogP contribution in [0.1, 0.15) is 24.2 Å². The number of nitrogens with one attached hydrogen (secondary N) is 1. The van der Waals surface area contributed by atoms with Gasteiger partial charge in [-0.15, -0.1) is 0 Å². The fourth-order valence-corrected chi connectivity index (χ4v) is 3.18. The van der Waals surface area contributed by atoms with E-state index in [1.165, 1.54) is 0 Å². The number of methoxy groups -OCH3 is 1. The standard InChI is InChI=1S/C19H17BrN2O3/c1-10-11(2)18(23)22-17-8-12(4-6-14(10)17)21-19(24)15-9-13(25-3)5-7-16(15)20/h4-9,14H,1-3H3,(H,22,23). The van der Waals surface area contributed by atoms with Crippen LogP contribution < -0.4 is 10.1 Å². The number of carbonyl (C=O) groups excluding carboxylic acids is 2. The van der Waals surface area contributed by atoms with Gasteiger partial charge in [-0.3, -0.25) is 9.59 Å². The quantitative estimate of drug-likeness (QED) is 0.824. The molecule has 25 heavy (non-hydrogen) atoms. The molecule has 3 rings (SSSR count). The molecule has 1 aromatic carbocycles. The lowest BCUT2D eigenvalue weighted by atomic mass is 9.85. The Bertz CT molecular complexity index is 894. The third-order valence-electron chi connectivity index (χ3n) is 4.39. The second-order valence-electron chi connectivity index (χ2n) is 5.89. The van der Waals surface area contributed by atoms with Crippen LogP contribution in [0.4, 0.5) is 0 Å². The van der Waals surface area contributed by atoms with Gasteiger partial charge in [-0.25, -0.2) is 4.99 Å². The highest BCUT2D eigenvalue weighted by atomic mass is 79.9. The number of carbonyl (C=O) groups is 2.